The summed E-state index contributed by atoms with van der Waals surface area (Å²) >= 11 is 2.21. The number of alkyl halides is 1. The fourth-order valence-corrected chi connectivity index (χ4v) is 7.02. The van der Waals surface area contributed by atoms with Crippen molar-refractivity contribution < 1.29 is 13.2 Å². The number of fused-ring (bicyclic) bond motifs is 1. The van der Waals surface area contributed by atoms with Crippen LogP contribution in [0.3, 0.4) is 0 Å². The maximum Gasteiger partial charge on any atom is 0.154 e. The maximum absolute atomic E-state index is 11.7. The van der Waals surface area contributed by atoms with Crippen molar-refractivity contribution in [3.63, 3.8) is 0 Å². The Kier molecular flexibility index (Phi) is 3.88. The second kappa shape index (κ2) is 5.33. The van der Waals surface area contributed by atoms with E-state index in [1.807, 2.05) is 6.07 Å². The second-order valence-electron chi connectivity index (χ2n) is 5.35. The highest BCUT2D eigenvalue weighted by Crippen LogP contribution is 2.36. The molecule has 3 nitrogen and oxygen atoms in total. The lowest BCUT2D eigenvalue weighted by atomic mass is 9.89. The van der Waals surface area contributed by atoms with E-state index < -0.39 is 9.84 Å². The van der Waals surface area contributed by atoms with E-state index in [1.165, 1.54) is 11.1 Å². The summed E-state index contributed by atoms with van der Waals surface area (Å²) in [7, 11) is -2.91. The molecule has 0 aromatic heterocycles. The Morgan fingerprint density at radius 1 is 1.21 bits per heavy atom. The van der Waals surface area contributed by atoms with Crippen molar-refractivity contribution in [1.82, 2.24) is 0 Å². The Morgan fingerprint density at radius 2 is 2.00 bits per heavy atom. The van der Waals surface area contributed by atoms with Gasteiger partial charge in [0.2, 0.25) is 0 Å². The topological polar surface area (TPSA) is 43.4 Å². The van der Waals surface area contributed by atoms with Gasteiger partial charge in [-0.1, -0.05) is 46.9 Å². The molecule has 2 aliphatic rings. The van der Waals surface area contributed by atoms with Crippen molar-refractivity contribution in [3.8, 4) is 0 Å². The normalized spacial score (nSPS) is 33.0. The van der Waals surface area contributed by atoms with E-state index in [2.05, 4.69) is 40.8 Å². The summed E-state index contributed by atoms with van der Waals surface area (Å²) in [5.74, 6) is 0.436. The zero-order valence-electron chi connectivity index (χ0n) is 10.6. The Labute approximate surface area is 127 Å². The average molecular weight is 392 g/mol. The Balaban J connectivity index is 1.78. The first kappa shape index (κ1) is 13.8. The molecule has 1 saturated heterocycles. The highest BCUT2D eigenvalue weighted by molar-refractivity contribution is 14.1. The number of ether oxygens (including phenoxy) is 1. The van der Waals surface area contributed by atoms with Gasteiger partial charge in [0, 0.05) is 0 Å². The van der Waals surface area contributed by atoms with Crippen LogP contribution < -0.4 is 0 Å². The summed E-state index contributed by atoms with van der Waals surface area (Å²) in [4.78, 5) is 0. The van der Waals surface area contributed by atoms with Crippen molar-refractivity contribution in [1.29, 1.82) is 0 Å². The van der Waals surface area contributed by atoms with E-state index in [9.17, 15) is 8.42 Å². The summed E-state index contributed by atoms with van der Waals surface area (Å²) in [6, 6.07) is 8.36. The number of hydrogen-bond acceptors (Lipinski definition) is 3. The lowest BCUT2D eigenvalue weighted by molar-refractivity contribution is -0.00405. The van der Waals surface area contributed by atoms with Gasteiger partial charge in [-0.25, -0.2) is 8.42 Å². The van der Waals surface area contributed by atoms with Gasteiger partial charge < -0.3 is 4.74 Å². The zero-order valence-corrected chi connectivity index (χ0v) is 13.6. The molecule has 1 aromatic carbocycles. The first-order valence-electron chi connectivity index (χ1n) is 6.63. The fourth-order valence-electron chi connectivity index (χ4n) is 2.96. The minimum atomic E-state index is -2.91. The van der Waals surface area contributed by atoms with Crippen molar-refractivity contribution in [2.45, 2.75) is 35.4 Å². The number of aryl methyl sites for hydroxylation is 1. The molecular formula is C14H17IO3S. The van der Waals surface area contributed by atoms with Gasteiger partial charge in [0.25, 0.3) is 0 Å². The first-order valence-corrected chi connectivity index (χ1v) is 9.69. The van der Waals surface area contributed by atoms with E-state index in [-0.39, 0.29) is 27.6 Å². The van der Waals surface area contributed by atoms with Crippen molar-refractivity contribution >= 4 is 32.4 Å². The van der Waals surface area contributed by atoms with Gasteiger partial charge >= 0.3 is 0 Å². The second-order valence-corrected chi connectivity index (χ2v) is 9.10. The predicted molar refractivity (Wildman–Crippen MR) is 83.5 cm³/mol. The van der Waals surface area contributed by atoms with Gasteiger partial charge in [-0.3, -0.25) is 0 Å². The van der Waals surface area contributed by atoms with Gasteiger partial charge in [0.1, 0.15) is 0 Å². The standard InChI is InChI=1S/C14H17IO3S/c15-12-8-19(16,17)9-14(12)18-13-7-3-5-10-4-1-2-6-11(10)13/h1-2,4,6,12-14H,3,5,7-9H2. The SMILES string of the molecule is O=S1(=O)CC(I)C(OC2CCCc3ccccc32)C1. The Bertz CT molecular complexity index is 570. The maximum atomic E-state index is 11.7. The summed E-state index contributed by atoms with van der Waals surface area (Å²) in [5, 5.41) is 0. The molecule has 0 amide bonds. The molecule has 1 heterocycles. The molecule has 1 aliphatic heterocycles. The van der Waals surface area contributed by atoms with Gasteiger partial charge in [-0.2, -0.15) is 0 Å². The van der Waals surface area contributed by atoms with Crippen LogP contribution in [-0.4, -0.2) is 30.0 Å². The number of sulfone groups is 1. The third-order valence-corrected chi connectivity index (χ3v) is 7.43. The lowest BCUT2D eigenvalue weighted by Gasteiger charge is -2.28. The average Bonchev–Trinajstić information content (AvgIpc) is 2.63. The van der Waals surface area contributed by atoms with E-state index in [4.69, 9.17) is 4.74 Å². The number of halogens is 1. The Hall–Kier alpha value is -0.140. The van der Waals surface area contributed by atoms with Crippen molar-refractivity contribution in [2.24, 2.45) is 0 Å². The lowest BCUT2D eigenvalue weighted by Crippen LogP contribution is -2.26. The highest BCUT2D eigenvalue weighted by atomic mass is 127. The predicted octanol–water partition coefficient (Wildman–Crippen LogP) is 2.68. The molecule has 0 bridgehead atoms. The van der Waals surface area contributed by atoms with Crippen LogP contribution in [0.2, 0.25) is 0 Å². The molecule has 3 rings (SSSR count). The van der Waals surface area contributed by atoms with Crippen LogP contribution in [0, 0.1) is 0 Å². The molecule has 0 spiro atoms. The molecule has 3 atom stereocenters. The summed E-state index contributed by atoms with van der Waals surface area (Å²) in [5.41, 5.74) is 2.60. The third-order valence-electron chi connectivity index (χ3n) is 3.89. The van der Waals surface area contributed by atoms with Gasteiger partial charge in [0.15, 0.2) is 9.84 Å². The quantitative estimate of drug-likeness (QED) is 0.574. The number of rotatable bonds is 2. The zero-order chi connectivity index (χ0) is 13.5. The largest absolute Gasteiger partial charge is 0.368 e. The molecule has 0 radical (unpaired) electrons. The van der Waals surface area contributed by atoms with Crippen LogP contribution >= 0.6 is 22.6 Å². The van der Waals surface area contributed by atoms with E-state index in [1.54, 1.807) is 0 Å². The number of hydrogen-bond donors (Lipinski definition) is 0. The molecule has 19 heavy (non-hydrogen) atoms. The van der Waals surface area contributed by atoms with Gasteiger partial charge in [-0.05, 0) is 30.4 Å². The molecular weight excluding hydrogens is 375 g/mol. The minimum absolute atomic E-state index is 0.0699. The summed E-state index contributed by atoms with van der Waals surface area (Å²) in [6.45, 7) is 0. The molecule has 0 N–H and O–H groups in total. The summed E-state index contributed by atoms with van der Waals surface area (Å²) in [6.07, 6.45) is 3.14. The van der Waals surface area contributed by atoms with E-state index in [0.29, 0.717) is 0 Å². The van der Waals surface area contributed by atoms with Crippen LogP contribution in [0.4, 0.5) is 0 Å². The molecule has 1 fully saturated rings. The molecule has 0 saturated carbocycles. The third kappa shape index (κ3) is 2.97. The van der Waals surface area contributed by atoms with Crippen LogP contribution in [0.15, 0.2) is 24.3 Å². The molecule has 3 unspecified atom stereocenters. The van der Waals surface area contributed by atoms with Crippen LogP contribution in [-0.2, 0) is 21.0 Å². The van der Waals surface area contributed by atoms with Gasteiger partial charge in [-0.15, -0.1) is 0 Å². The molecule has 104 valence electrons. The molecule has 1 aromatic rings. The van der Waals surface area contributed by atoms with E-state index >= 15 is 0 Å². The first-order chi connectivity index (χ1) is 9.05. The summed E-state index contributed by atoms with van der Waals surface area (Å²) < 4.78 is 29.5. The van der Waals surface area contributed by atoms with Gasteiger partial charge in [0.05, 0.1) is 27.6 Å². The monoisotopic (exact) mass is 392 g/mol. The number of benzene rings is 1. The van der Waals surface area contributed by atoms with Crippen molar-refractivity contribution in [3.05, 3.63) is 35.4 Å². The molecule has 5 heteroatoms. The molecule has 1 aliphatic carbocycles. The van der Waals surface area contributed by atoms with Crippen LogP contribution in [0.5, 0.6) is 0 Å². The highest BCUT2D eigenvalue weighted by Gasteiger charge is 2.38. The smallest absolute Gasteiger partial charge is 0.154 e. The van der Waals surface area contributed by atoms with Crippen molar-refractivity contribution in [2.75, 3.05) is 11.5 Å². The minimum Gasteiger partial charge on any atom is -0.368 e. The van der Waals surface area contributed by atoms with E-state index in [0.717, 1.165) is 19.3 Å². The van der Waals surface area contributed by atoms with Crippen LogP contribution in [0.1, 0.15) is 30.1 Å². The Morgan fingerprint density at radius 3 is 2.74 bits per heavy atom. The fraction of sp³-hybridized carbons (Fsp3) is 0.571. The van der Waals surface area contributed by atoms with Crippen LogP contribution in [0.25, 0.3) is 0 Å².